The van der Waals surface area contributed by atoms with Crippen molar-refractivity contribution in [2.75, 3.05) is 0 Å². The molecule has 0 spiro atoms. The topological polar surface area (TPSA) is 37.3 Å². The smallest absolute Gasteiger partial charge is 0.310 e. The fourth-order valence-corrected chi connectivity index (χ4v) is 2.14. The van der Waals surface area contributed by atoms with E-state index in [0.29, 0.717) is 18.3 Å². The molecule has 0 saturated carbocycles. The van der Waals surface area contributed by atoms with Crippen LogP contribution in [0.3, 0.4) is 0 Å². The van der Waals surface area contributed by atoms with Crippen molar-refractivity contribution in [1.29, 1.82) is 0 Å². The molecule has 2 atom stereocenters. The second kappa shape index (κ2) is 6.58. The molecule has 0 bridgehead atoms. The van der Waals surface area contributed by atoms with Gasteiger partial charge in [0, 0.05) is 0 Å². The molecule has 0 fully saturated rings. The Morgan fingerprint density at radius 1 is 1.11 bits per heavy atom. The highest BCUT2D eigenvalue weighted by Crippen LogP contribution is 2.26. The van der Waals surface area contributed by atoms with E-state index in [2.05, 4.69) is 39.8 Å². The average molecular weight is 248 g/mol. The maximum Gasteiger partial charge on any atom is 0.310 e. The third kappa shape index (κ3) is 3.86. The van der Waals surface area contributed by atoms with E-state index in [1.165, 1.54) is 5.56 Å². The lowest BCUT2D eigenvalue weighted by molar-refractivity contribution is -0.139. The standard InChI is InChI=1S/C16H24O2/c1-5-12(4)13-6-8-14(9-7-13)15(16(17)18)10-11(2)3/h6-9,11-12,15H,5,10H2,1-4H3,(H,17,18). The summed E-state index contributed by atoms with van der Waals surface area (Å²) in [6.07, 6.45) is 1.80. The Kier molecular flexibility index (Phi) is 5.39. The van der Waals surface area contributed by atoms with Gasteiger partial charge in [-0.1, -0.05) is 52.0 Å². The summed E-state index contributed by atoms with van der Waals surface area (Å²) in [5.41, 5.74) is 2.21. The van der Waals surface area contributed by atoms with Crippen LogP contribution in [0.1, 0.15) is 63.5 Å². The fourth-order valence-electron chi connectivity index (χ4n) is 2.14. The minimum absolute atomic E-state index is 0.379. The maximum absolute atomic E-state index is 11.3. The number of rotatable bonds is 6. The number of aliphatic carboxylic acids is 1. The van der Waals surface area contributed by atoms with Crippen molar-refractivity contribution in [2.24, 2.45) is 5.92 Å². The predicted molar refractivity (Wildman–Crippen MR) is 75.0 cm³/mol. The summed E-state index contributed by atoms with van der Waals surface area (Å²) in [6, 6.07) is 8.09. The summed E-state index contributed by atoms with van der Waals surface area (Å²) in [6.45, 7) is 8.47. The summed E-state index contributed by atoms with van der Waals surface area (Å²) in [5, 5.41) is 9.30. The van der Waals surface area contributed by atoms with E-state index >= 15 is 0 Å². The largest absolute Gasteiger partial charge is 0.481 e. The summed E-state index contributed by atoms with van der Waals surface area (Å²) in [7, 11) is 0. The van der Waals surface area contributed by atoms with Crippen LogP contribution in [-0.2, 0) is 4.79 Å². The molecule has 0 aliphatic heterocycles. The molecule has 1 aromatic carbocycles. The fraction of sp³-hybridized carbons (Fsp3) is 0.562. The SMILES string of the molecule is CCC(C)c1ccc(C(CC(C)C)C(=O)O)cc1. The minimum Gasteiger partial charge on any atom is -0.481 e. The van der Waals surface area contributed by atoms with Crippen LogP contribution in [0.5, 0.6) is 0 Å². The molecule has 0 amide bonds. The number of carboxylic acids is 1. The lowest BCUT2D eigenvalue weighted by Crippen LogP contribution is -2.14. The van der Waals surface area contributed by atoms with Gasteiger partial charge < -0.3 is 5.11 Å². The molecular weight excluding hydrogens is 224 g/mol. The van der Waals surface area contributed by atoms with Gasteiger partial charge in [0.15, 0.2) is 0 Å². The van der Waals surface area contributed by atoms with Gasteiger partial charge in [0.1, 0.15) is 0 Å². The Morgan fingerprint density at radius 3 is 2.00 bits per heavy atom. The molecular formula is C16H24O2. The van der Waals surface area contributed by atoms with Gasteiger partial charge in [0.25, 0.3) is 0 Å². The van der Waals surface area contributed by atoms with E-state index in [1.807, 2.05) is 12.1 Å². The molecule has 18 heavy (non-hydrogen) atoms. The molecule has 0 radical (unpaired) electrons. The summed E-state index contributed by atoms with van der Waals surface area (Å²) in [5.74, 6) is -0.177. The van der Waals surface area contributed by atoms with Crippen molar-refractivity contribution in [1.82, 2.24) is 0 Å². The van der Waals surface area contributed by atoms with Crippen molar-refractivity contribution < 1.29 is 9.90 Å². The van der Waals surface area contributed by atoms with Gasteiger partial charge in [0.05, 0.1) is 5.92 Å². The van der Waals surface area contributed by atoms with Crippen molar-refractivity contribution in [2.45, 2.75) is 52.4 Å². The first kappa shape index (κ1) is 14.7. The highest BCUT2D eigenvalue weighted by Gasteiger charge is 2.21. The monoisotopic (exact) mass is 248 g/mol. The van der Waals surface area contributed by atoms with Crippen LogP contribution >= 0.6 is 0 Å². The van der Waals surface area contributed by atoms with E-state index in [-0.39, 0.29) is 5.92 Å². The van der Waals surface area contributed by atoms with E-state index in [9.17, 15) is 9.90 Å². The molecule has 0 aliphatic rings. The molecule has 1 rings (SSSR count). The molecule has 100 valence electrons. The summed E-state index contributed by atoms with van der Waals surface area (Å²) in [4.78, 5) is 11.3. The Bertz CT molecular complexity index is 379. The third-order valence-electron chi connectivity index (χ3n) is 3.53. The Labute approximate surface area is 110 Å². The minimum atomic E-state index is -0.722. The second-order valence-corrected chi connectivity index (χ2v) is 5.50. The van der Waals surface area contributed by atoms with Crippen molar-refractivity contribution in [3.63, 3.8) is 0 Å². The molecule has 1 N–H and O–H groups in total. The molecule has 0 aliphatic carbocycles. The van der Waals surface area contributed by atoms with Gasteiger partial charge in [-0.25, -0.2) is 0 Å². The number of carbonyl (C=O) groups is 1. The molecule has 2 nitrogen and oxygen atoms in total. The van der Waals surface area contributed by atoms with Crippen LogP contribution in [0.25, 0.3) is 0 Å². The molecule has 0 aromatic heterocycles. The molecule has 2 heteroatoms. The van der Waals surface area contributed by atoms with Crippen LogP contribution in [0.4, 0.5) is 0 Å². The number of carboxylic acid groups (broad SMARTS) is 1. The first-order chi connectivity index (χ1) is 8.45. The van der Waals surface area contributed by atoms with Gasteiger partial charge in [-0.2, -0.15) is 0 Å². The van der Waals surface area contributed by atoms with Crippen molar-refractivity contribution in [3.8, 4) is 0 Å². The zero-order valence-corrected chi connectivity index (χ0v) is 11.8. The van der Waals surface area contributed by atoms with E-state index in [1.54, 1.807) is 0 Å². The van der Waals surface area contributed by atoms with Gasteiger partial charge in [-0.15, -0.1) is 0 Å². The lowest BCUT2D eigenvalue weighted by atomic mass is 9.88. The third-order valence-corrected chi connectivity index (χ3v) is 3.53. The highest BCUT2D eigenvalue weighted by molar-refractivity contribution is 5.76. The van der Waals surface area contributed by atoms with Gasteiger partial charge in [-0.05, 0) is 35.8 Å². The van der Waals surface area contributed by atoms with Crippen LogP contribution in [0.2, 0.25) is 0 Å². The normalized spacial score (nSPS) is 14.5. The first-order valence-corrected chi connectivity index (χ1v) is 6.78. The Balaban J connectivity index is 2.90. The Hall–Kier alpha value is -1.31. The van der Waals surface area contributed by atoms with E-state index in [4.69, 9.17) is 0 Å². The van der Waals surface area contributed by atoms with Gasteiger partial charge in [-0.3, -0.25) is 4.79 Å². The van der Waals surface area contributed by atoms with Crippen LogP contribution in [0, 0.1) is 5.92 Å². The van der Waals surface area contributed by atoms with E-state index < -0.39 is 5.97 Å². The van der Waals surface area contributed by atoms with Crippen LogP contribution in [0.15, 0.2) is 24.3 Å². The second-order valence-electron chi connectivity index (χ2n) is 5.50. The van der Waals surface area contributed by atoms with Crippen LogP contribution < -0.4 is 0 Å². The predicted octanol–water partition coefficient (Wildman–Crippen LogP) is 4.41. The zero-order valence-electron chi connectivity index (χ0n) is 11.8. The molecule has 0 heterocycles. The number of hydrogen-bond donors (Lipinski definition) is 1. The maximum atomic E-state index is 11.3. The van der Waals surface area contributed by atoms with Gasteiger partial charge in [0.2, 0.25) is 0 Å². The summed E-state index contributed by atoms with van der Waals surface area (Å²) < 4.78 is 0. The van der Waals surface area contributed by atoms with Gasteiger partial charge >= 0.3 is 5.97 Å². The van der Waals surface area contributed by atoms with Crippen LogP contribution in [-0.4, -0.2) is 11.1 Å². The Morgan fingerprint density at radius 2 is 1.61 bits per heavy atom. The first-order valence-electron chi connectivity index (χ1n) is 6.78. The number of benzene rings is 1. The average Bonchev–Trinajstić information content (AvgIpc) is 2.34. The van der Waals surface area contributed by atoms with Crippen molar-refractivity contribution >= 4 is 5.97 Å². The molecule has 1 aromatic rings. The zero-order chi connectivity index (χ0) is 13.7. The molecule has 2 unspecified atom stereocenters. The van der Waals surface area contributed by atoms with E-state index in [0.717, 1.165) is 12.0 Å². The number of hydrogen-bond acceptors (Lipinski definition) is 1. The molecule has 0 saturated heterocycles. The quantitative estimate of drug-likeness (QED) is 0.809. The summed E-state index contributed by atoms with van der Waals surface area (Å²) >= 11 is 0. The van der Waals surface area contributed by atoms with Crippen molar-refractivity contribution in [3.05, 3.63) is 35.4 Å². The highest BCUT2D eigenvalue weighted by atomic mass is 16.4. The lowest BCUT2D eigenvalue weighted by Gasteiger charge is -2.16.